The second-order valence-electron chi connectivity index (χ2n) is 7.06. The van der Waals surface area contributed by atoms with Crippen molar-refractivity contribution in [2.75, 3.05) is 13.1 Å². The SMILES string of the molecule is CCN=C(NC1CCC(=O)NC1)NC1CC1C1CCCCC1.I. The van der Waals surface area contributed by atoms with E-state index in [2.05, 4.69) is 27.9 Å². The van der Waals surface area contributed by atoms with Crippen molar-refractivity contribution in [1.29, 1.82) is 0 Å². The van der Waals surface area contributed by atoms with Crippen LogP contribution in [0.1, 0.15) is 58.3 Å². The number of amides is 1. The number of nitrogens with one attached hydrogen (secondary N) is 3. The topological polar surface area (TPSA) is 65.5 Å². The van der Waals surface area contributed by atoms with Crippen LogP contribution in [0.3, 0.4) is 0 Å². The predicted molar refractivity (Wildman–Crippen MR) is 104 cm³/mol. The summed E-state index contributed by atoms with van der Waals surface area (Å²) in [5, 5.41) is 10.0. The Hall–Kier alpha value is -0.530. The second-order valence-corrected chi connectivity index (χ2v) is 7.06. The fourth-order valence-electron chi connectivity index (χ4n) is 3.98. The van der Waals surface area contributed by atoms with Gasteiger partial charge in [0.1, 0.15) is 0 Å². The van der Waals surface area contributed by atoms with E-state index in [1.165, 1.54) is 38.5 Å². The van der Waals surface area contributed by atoms with Crippen molar-refractivity contribution >= 4 is 35.8 Å². The van der Waals surface area contributed by atoms with E-state index in [0.29, 0.717) is 25.0 Å². The monoisotopic (exact) mass is 434 g/mol. The molecule has 1 aliphatic heterocycles. The molecule has 5 nitrogen and oxygen atoms in total. The van der Waals surface area contributed by atoms with Crippen molar-refractivity contribution < 1.29 is 4.79 Å². The molecule has 3 N–H and O–H groups in total. The molecule has 0 radical (unpaired) electrons. The summed E-state index contributed by atoms with van der Waals surface area (Å²) in [5.41, 5.74) is 0. The molecule has 6 heteroatoms. The lowest BCUT2D eigenvalue weighted by Crippen LogP contribution is -2.52. The van der Waals surface area contributed by atoms with Crippen LogP contribution in [0.2, 0.25) is 0 Å². The minimum absolute atomic E-state index is 0. The van der Waals surface area contributed by atoms with Gasteiger partial charge in [0.2, 0.25) is 5.91 Å². The number of piperidine rings is 1. The highest BCUT2D eigenvalue weighted by Crippen LogP contribution is 2.44. The van der Waals surface area contributed by atoms with Crippen LogP contribution in [-0.2, 0) is 4.79 Å². The maximum Gasteiger partial charge on any atom is 0.220 e. The Morgan fingerprint density at radius 1 is 1.22 bits per heavy atom. The highest BCUT2D eigenvalue weighted by Gasteiger charge is 2.43. The molecular formula is C17H31IN4O. The molecule has 1 heterocycles. The van der Waals surface area contributed by atoms with Crippen LogP contribution in [0.4, 0.5) is 0 Å². The molecular weight excluding hydrogens is 403 g/mol. The number of carbonyl (C=O) groups is 1. The first kappa shape index (κ1) is 18.8. The number of hydrogen-bond acceptors (Lipinski definition) is 2. The summed E-state index contributed by atoms with van der Waals surface area (Å²) in [6.45, 7) is 3.56. The van der Waals surface area contributed by atoms with Crippen LogP contribution < -0.4 is 16.0 Å². The van der Waals surface area contributed by atoms with Gasteiger partial charge in [-0.05, 0) is 31.6 Å². The summed E-state index contributed by atoms with van der Waals surface area (Å²) < 4.78 is 0. The molecule has 2 saturated carbocycles. The summed E-state index contributed by atoms with van der Waals surface area (Å²) in [4.78, 5) is 15.8. The third-order valence-corrected chi connectivity index (χ3v) is 5.34. The van der Waals surface area contributed by atoms with Crippen molar-refractivity contribution in [1.82, 2.24) is 16.0 Å². The Bertz CT molecular complexity index is 413. The minimum Gasteiger partial charge on any atom is -0.354 e. The van der Waals surface area contributed by atoms with Gasteiger partial charge in [-0.15, -0.1) is 24.0 Å². The van der Waals surface area contributed by atoms with Crippen molar-refractivity contribution in [2.45, 2.75) is 70.4 Å². The van der Waals surface area contributed by atoms with E-state index >= 15 is 0 Å². The first-order valence-corrected chi connectivity index (χ1v) is 9.10. The summed E-state index contributed by atoms with van der Waals surface area (Å²) in [5.74, 6) is 2.89. The molecule has 3 rings (SSSR count). The van der Waals surface area contributed by atoms with Gasteiger partial charge in [-0.1, -0.05) is 32.1 Å². The number of aliphatic imine (C=N–C) groups is 1. The molecule has 1 saturated heterocycles. The summed E-state index contributed by atoms with van der Waals surface area (Å²) in [6, 6.07) is 0.918. The van der Waals surface area contributed by atoms with Gasteiger partial charge in [0.15, 0.2) is 5.96 Å². The number of rotatable bonds is 4. The summed E-state index contributed by atoms with van der Waals surface area (Å²) >= 11 is 0. The van der Waals surface area contributed by atoms with E-state index in [4.69, 9.17) is 0 Å². The number of guanidine groups is 1. The first-order valence-electron chi connectivity index (χ1n) is 9.10. The lowest BCUT2D eigenvalue weighted by molar-refractivity contribution is -0.122. The van der Waals surface area contributed by atoms with E-state index in [1.807, 2.05) is 0 Å². The lowest BCUT2D eigenvalue weighted by atomic mass is 9.85. The van der Waals surface area contributed by atoms with Gasteiger partial charge in [0.05, 0.1) is 0 Å². The number of carbonyl (C=O) groups excluding carboxylic acids is 1. The number of hydrogen-bond donors (Lipinski definition) is 3. The molecule has 1 amide bonds. The van der Waals surface area contributed by atoms with Crippen LogP contribution >= 0.6 is 24.0 Å². The van der Waals surface area contributed by atoms with Crippen molar-refractivity contribution in [3.05, 3.63) is 0 Å². The zero-order chi connectivity index (χ0) is 15.4. The second kappa shape index (κ2) is 9.08. The van der Waals surface area contributed by atoms with Crippen molar-refractivity contribution in [3.63, 3.8) is 0 Å². The van der Waals surface area contributed by atoms with Gasteiger partial charge in [-0.2, -0.15) is 0 Å². The van der Waals surface area contributed by atoms with Gasteiger partial charge < -0.3 is 16.0 Å². The molecule has 0 aromatic rings. The molecule has 132 valence electrons. The van der Waals surface area contributed by atoms with Crippen LogP contribution in [0.25, 0.3) is 0 Å². The normalized spacial score (nSPS) is 31.8. The minimum atomic E-state index is 0. The maximum atomic E-state index is 11.2. The smallest absolute Gasteiger partial charge is 0.220 e. The number of halogens is 1. The van der Waals surface area contributed by atoms with Crippen molar-refractivity contribution in [2.24, 2.45) is 16.8 Å². The van der Waals surface area contributed by atoms with Crippen LogP contribution in [-0.4, -0.2) is 37.0 Å². The largest absolute Gasteiger partial charge is 0.354 e. The van der Waals surface area contributed by atoms with Gasteiger partial charge in [0.25, 0.3) is 0 Å². The van der Waals surface area contributed by atoms with Gasteiger partial charge in [-0.25, -0.2) is 0 Å². The zero-order valence-corrected chi connectivity index (χ0v) is 16.5. The lowest BCUT2D eigenvalue weighted by Gasteiger charge is -2.26. The van der Waals surface area contributed by atoms with E-state index < -0.39 is 0 Å². The Labute approximate surface area is 156 Å². The average molecular weight is 434 g/mol. The maximum absolute atomic E-state index is 11.2. The highest BCUT2D eigenvalue weighted by molar-refractivity contribution is 14.0. The zero-order valence-electron chi connectivity index (χ0n) is 14.1. The predicted octanol–water partition coefficient (Wildman–Crippen LogP) is 2.41. The standard InChI is InChI=1S/C17H30N4O.HI/c1-2-18-17(20-13-8-9-16(22)19-11-13)21-15-10-14(15)12-6-4-3-5-7-12;/h12-15H,2-11H2,1H3,(H,19,22)(H2,18,20,21);1H. The van der Waals surface area contributed by atoms with E-state index in [1.54, 1.807) is 0 Å². The van der Waals surface area contributed by atoms with Gasteiger partial charge >= 0.3 is 0 Å². The summed E-state index contributed by atoms with van der Waals surface area (Å²) in [7, 11) is 0. The third kappa shape index (κ3) is 5.50. The van der Waals surface area contributed by atoms with E-state index in [0.717, 1.165) is 30.8 Å². The molecule has 2 aliphatic carbocycles. The molecule has 3 aliphatic rings. The molecule has 0 aromatic heterocycles. The average Bonchev–Trinajstić information content (AvgIpc) is 3.30. The van der Waals surface area contributed by atoms with Gasteiger partial charge in [-0.3, -0.25) is 9.79 Å². The van der Waals surface area contributed by atoms with Crippen molar-refractivity contribution in [3.8, 4) is 0 Å². The molecule has 23 heavy (non-hydrogen) atoms. The van der Waals surface area contributed by atoms with Gasteiger partial charge in [0, 0.05) is 31.6 Å². The van der Waals surface area contributed by atoms with Crippen LogP contribution in [0, 0.1) is 11.8 Å². The third-order valence-electron chi connectivity index (χ3n) is 5.34. The van der Waals surface area contributed by atoms with E-state index in [-0.39, 0.29) is 29.9 Å². The molecule has 0 aromatic carbocycles. The molecule has 3 fully saturated rings. The quantitative estimate of drug-likeness (QED) is 0.362. The Morgan fingerprint density at radius 2 is 2.00 bits per heavy atom. The van der Waals surface area contributed by atoms with Crippen LogP contribution in [0.15, 0.2) is 4.99 Å². The molecule has 0 bridgehead atoms. The first-order chi connectivity index (χ1) is 10.8. The fraction of sp³-hybridized carbons (Fsp3) is 0.882. The summed E-state index contributed by atoms with van der Waals surface area (Å²) in [6.07, 6.45) is 9.93. The Kier molecular flexibility index (Phi) is 7.43. The molecule has 3 atom stereocenters. The molecule has 0 spiro atoms. The fourth-order valence-corrected chi connectivity index (χ4v) is 3.98. The molecule has 3 unspecified atom stereocenters. The highest BCUT2D eigenvalue weighted by atomic mass is 127. The Morgan fingerprint density at radius 3 is 2.65 bits per heavy atom. The number of nitrogens with zero attached hydrogens (tertiary/aromatic N) is 1. The Balaban J connectivity index is 0.00000192. The van der Waals surface area contributed by atoms with E-state index in [9.17, 15) is 4.79 Å². The van der Waals surface area contributed by atoms with Crippen LogP contribution in [0.5, 0.6) is 0 Å².